The van der Waals surface area contributed by atoms with Crippen LogP contribution in [0, 0.1) is 0 Å². The Morgan fingerprint density at radius 1 is 1.23 bits per heavy atom. The third-order valence-corrected chi connectivity index (χ3v) is 5.84. The van der Waals surface area contributed by atoms with Crippen LogP contribution in [0.2, 0.25) is 0 Å². The van der Waals surface area contributed by atoms with E-state index in [4.69, 9.17) is 15.7 Å². The summed E-state index contributed by atoms with van der Waals surface area (Å²) in [6.07, 6.45) is 4.34. The van der Waals surface area contributed by atoms with Gasteiger partial charge in [-0.2, -0.15) is 0 Å². The molecule has 1 atom stereocenters. The predicted molar refractivity (Wildman–Crippen MR) is 121 cm³/mol. The number of nitrogens with one attached hydrogen (secondary N) is 1. The second-order valence-corrected chi connectivity index (χ2v) is 7.88. The molecular weight excluding hydrogens is 388 g/mol. The zero-order valence-electron chi connectivity index (χ0n) is 17.6. The molecule has 7 nitrogen and oxygen atoms in total. The SMILES string of the molecule is CCc1ccc2nc(-c3cccnc3N)n(-c3ccc4c(c3)CC[C@@H]4NC(C)=O)c2n1. The standard InChI is InChI=1S/C24H24N6O/c1-3-16-7-11-21-24(28-16)30(23(29-21)19-5-4-12-26-22(19)25)17-8-9-18-15(13-17)6-10-20(18)27-14(2)31/h4-5,7-9,11-13,20H,3,6,10H2,1-2H3,(H2,25,26)(H,27,31)/t20-/m0/s1. The van der Waals surface area contributed by atoms with Crippen LogP contribution in [-0.2, 0) is 17.6 Å². The van der Waals surface area contributed by atoms with E-state index in [1.165, 1.54) is 11.1 Å². The minimum absolute atomic E-state index is 0.00633. The van der Waals surface area contributed by atoms with Crippen molar-refractivity contribution in [2.45, 2.75) is 39.2 Å². The van der Waals surface area contributed by atoms with Crippen LogP contribution in [0.25, 0.3) is 28.2 Å². The van der Waals surface area contributed by atoms with Gasteiger partial charge < -0.3 is 11.1 Å². The summed E-state index contributed by atoms with van der Waals surface area (Å²) in [5.41, 5.74) is 13.0. The molecule has 5 rings (SSSR count). The summed E-state index contributed by atoms with van der Waals surface area (Å²) < 4.78 is 2.06. The van der Waals surface area contributed by atoms with Crippen LogP contribution in [0.4, 0.5) is 5.82 Å². The number of hydrogen-bond donors (Lipinski definition) is 2. The van der Waals surface area contributed by atoms with Crippen molar-refractivity contribution < 1.29 is 4.79 Å². The van der Waals surface area contributed by atoms with E-state index in [1.54, 1.807) is 13.1 Å². The Morgan fingerprint density at radius 3 is 2.87 bits per heavy atom. The van der Waals surface area contributed by atoms with Crippen LogP contribution >= 0.6 is 0 Å². The van der Waals surface area contributed by atoms with E-state index in [2.05, 4.69) is 40.0 Å². The maximum atomic E-state index is 11.6. The number of nitrogen functional groups attached to an aromatic ring is 1. The lowest BCUT2D eigenvalue weighted by Gasteiger charge is -2.15. The molecule has 4 aromatic rings. The number of nitrogens with zero attached hydrogens (tertiary/aromatic N) is 4. The van der Waals surface area contributed by atoms with Gasteiger partial charge in [-0.3, -0.25) is 9.36 Å². The van der Waals surface area contributed by atoms with Crippen molar-refractivity contribution in [3.63, 3.8) is 0 Å². The van der Waals surface area contributed by atoms with Crippen molar-refractivity contribution in [1.82, 2.24) is 24.8 Å². The van der Waals surface area contributed by atoms with E-state index < -0.39 is 0 Å². The summed E-state index contributed by atoms with van der Waals surface area (Å²) in [4.78, 5) is 25.6. The molecule has 1 amide bonds. The molecule has 0 fully saturated rings. The minimum Gasteiger partial charge on any atom is -0.383 e. The summed E-state index contributed by atoms with van der Waals surface area (Å²) >= 11 is 0. The van der Waals surface area contributed by atoms with Crippen molar-refractivity contribution >= 4 is 22.9 Å². The normalized spacial score (nSPS) is 15.2. The number of benzene rings is 1. The van der Waals surface area contributed by atoms with Crippen LogP contribution in [0.15, 0.2) is 48.7 Å². The van der Waals surface area contributed by atoms with Crippen molar-refractivity contribution in [1.29, 1.82) is 0 Å². The number of fused-ring (bicyclic) bond motifs is 2. The predicted octanol–water partition coefficient (Wildman–Crippen LogP) is 3.75. The highest BCUT2D eigenvalue weighted by Crippen LogP contribution is 2.35. The van der Waals surface area contributed by atoms with Crippen LogP contribution in [-0.4, -0.2) is 25.4 Å². The molecule has 0 saturated heterocycles. The van der Waals surface area contributed by atoms with E-state index in [9.17, 15) is 4.79 Å². The number of aromatic nitrogens is 4. The average molecular weight is 412 g/mol. The molecular formula is C24H24N6O. The van der Waals surface area contributed by atoms with Crippen LogP contribution < -0.4 is 11.1 Å². The molecule has 0 saturated carbocycles. The molecule has 1 aliphatic carbocycles. The summed E-state index contributed by atoms with van der Waals surface area (Å²) in [6.45, 7) is 3.65. The van der Waals surface area contributed by atoms with E-state index >= 15 is 0 Å². The Kier molecular flexibility index (Phi) is 4.66. The summed E-state index contributed by atoms with van der Waals surface area (Å²) in [6, 6.07) is 14.2. The second kappa shape index (κ2) is 7.50. The van der Waals surface area contributed by atoms with Gasteiger partial charge in [0.2, 0.25) is 5.91 Å². The first-order valence-electron chi connectivity index (χ1n) is 10.5. The van der Waals surface area contributed by atoms with Gasteiger partial charge in [0.05, 0.1) is 11.6 Å². The fourth-order valence-electron chi connectivity index (χ4n) is 4.36. The van der Waals surface area contributed by atoms with Gasteiger partial charge >= 0.3 is 0 Å². The molecule has 31 heavy (non-hydrogen) atoms. The maximum absolute atomic E-state index is 11.6. The molecule has 0 spiro atoms. The van der Waals surface area contributed by atoms with Crippen molar-refractivity contribution in [3.05, 3.63) is 65.5 Å². The molecule has 3 aromatic heterocycles. The van der Waals surface area contributed by atoms with Gasteiger partial charge in [0.1, 0.15) is 11.3 Å². The number of carbonyl (C=O) groups is 1. The summed E-state index contributed by atoms with van der Waals surface area (Å²) in [5, 5.41) is 3.05. The highest BCUT2D eigenvalue weighted by atomic mass is 16.1. The number of aryl methyl sites for hydroxylation is 2. The van der Waals surface area contributed by atoms with Crippen molar-refractivity contribution in [3.8, 4) is 17.1 Å². The Bertz CT molecular complexity index is 1310. The number of pyridine rings is 2. The smallest absolute Gasteiger partial charge is 0.217 e. The highest BCUT2D eigenvalue weighted by Gasteiger charge is 2.25. The lowest BCUT2D eigenvalue weighted by molar-refractivity contribution is -0.119. The van der Waals surface area contributed by atoms with Crippen molar-refractivity contribution in [2.24, 2.45) is 0 Å². The number of hydrogen-bond acceptors (Lipinski definition) is 5. The summed E-state index contributed by atoms with van der Waals surface area (Å²) in [5.74, 6) is 1.15. The van der Waals surface area contributed by atoms with Gasteiger partial charge in [0.15, 0.2) is 11.5 Å². The van der Waals surface area contributed by atoms with Gasteiger partial charge in [0.25, 0.3) is 0 Å². The number of imidazole rings is 1. The first-order chi connectivity index (χ1) is 15.0. The fourth-order valence-corrected chi connectivity index (χ4v) is 4.36. The van der Waals surface area contributed by atoms with Gasteiger partial charge in [-0.15, -0.1) is 0 Å². The minimum atomic E-state index is -0.00633. The quantitative estimate of drug-likeness (QED) is 0.532. The van der Waals surface area contributed by atoms with Crippen LogP contribution in [0.1, 0.15) is 43.1 Å². The van der Waals surface area contributed by atoms with E-state index in [0.717, 1.165) is 53.2 Å². The van der Waals surface area contributed by atoms with E-state index in [0.29, 0.717) is 5.82 Å². The van der Waals surface area contributed by atoms with Gasteiger partial charge in [-0.05, 0) is 66.8 Å². The van der Waals surface area contributed by atoms with E-state index in [1.807, 2.05) is 24.3 Å². The van der Waals surface area contributed by atoms with Crippen LogP contribution in [0.5, 0.6) is 0 Å². The number of nitrogens with two attached hydrogens (primary N) is 1. The average Bonchev–Trinajstić information content (AvgIpc) is 3.34. The first kappa shape index (κ1) is 19.2. The molecule has 1 aliphatic rings. The highest BCUT2D eigenvalue weighted by molar-refractivity contribution is 5.83. The molecule has 0 unspecified atom stereocenters. The van der Waals surface area contributed by atoms with E-state index in [-0.39, 0.29) is 11.9 Å². The topological polar surface area (TPSA) is 98.7 Å². The third kappa shape index (κ3) is 3.32. The number of carbonyl (C=O) groups excluding carboxylic acids is 1. The monoisotopic (exact) mass is 412 g/mol. The molecule has 0 aliphatic heterocycles. The molecule has 7 heteroatoms. The zero-order valence-corrected chi connectivity index (χ0v) is 17.6. The number of rotatable bonds is 4. The van der Waals surface area contributed by atoms with Gasteiger partial charge in [0, 0.05) is 24.5 Å². The fraction of sp³-hybridized carbons (Fsp3) is 0.250. The van der Waals surface area contributed by atoms with Gasteiger partial charge in [-0.1, -0.05) is 13.0 Å². The summed E-state index contributed by atoms with van der Waals surface area (Å²) in [7, 11) is 0. The zero-order chi connectivity index (χ0) is 21.5. The van der Waals surface area contributed by atoms with Gasteiger partial charge in [-0.25, -0.2) is 15.0 Å². The lowest BCUT2D eigenvalue weighted by Crippen LogP contribution is -2.24. The largest absolute Gasteiger partial charge is 0.383 e. The first-order valence-corrected chi connectivity index (χ1v) is 10.5. The third-order valence-electron chi connectivity index (χ3n) is 5.84. The van der Waals surface area contributed by atoms with Crippen molar-refractivity contribution in [2.75, 3.05) is 5.73 Å². The molecule has 156 valence electrons. The number of anilines is 1. The molecule has 1 aromatic carbocycles. The maximum Gasteiger partial charge on any atom is 0.217 e. The Labute approximate surface area is 180 Å². The molecule has 3 N–H and O–H groups in total. The molecule has 0 radical (unpaired) electrons. The Hall–Kier alpha value is -3.74. The Balaban J connectivity index is 1.71. The Morgan fingerprint density at radius 2 is 2.10 bits per heavy atom. The molecule has 3 heterocycles. The lowest BCUT2D eigenvalue weighted by atomic mass is 10.1. The second-order valence-electron chi connectivity index (χ2n) is 7.88. The number of amides is 1. The van der Waals surface area contributed by atoms with Crippen LogP contribution in [0.3, 0.4) is 0 Å². The molecule has 0 bridgehead atoms.